The minimum Gasteiger partial charge on any atom is -0.744 e. The van der Waals surface area contributed by atoms with E-state index in [4.69, 9.17) is 10.1 Å². The fourth-order valence-corrected chi connectivity index (χ4v) is 4.72. The maximum atomic E-state index is 12.7. The molecule has 2 aromatic carbocycles. The van der Waals surface area contributed by atoms with Gasteiger partial charge in [0, 0.05) is 12.1 Å². The Labute approximate surface area is 280 Å². The number of aryl methyl sites for hydroxylation is 1. The van der Waals surface area contributed by atoms with E-state index in [0.29, 0.717) is 22.8 Å². The van der Waals surface area contributed by atoms with Gasteiger partial charge >= 0.3 is 29.6 Å². The number of anilines is 3. The normalized spacial score (nSPS) is 15.8. The summed E-state index contributed by atoms with van der Waals surface area (Å²) < 4.78 is 39.8. The summed E-state index contributed by atoms with van der Waals surface area (Å²) in [6.07, 6.45) is 10.6. The molecule has 0 aliphatic heterocycles. The topological polar surface area (TPSA) is 198 Å². The molecule has 0 saturated heterocycles. The van der Waals surface area contributed by atoms with E-state index in [9.17, 15) is 22.6 Å². The predicted molar refractivity (Wildman–Crippen MR) is 165 cm³/mol. The molecule has 0 heterocycles. The van der Waals surface area contributed by atoms with Crippen molar-refractivity contribution in [3.8, 4) is 5.75 Å². The summed E-state index contributed by atoms with van der Waals surface area (Å²) in [5.74, 6) is -0.494. The van der Waals surface area contributed by atoms with Gasteiger partial charge in [-0.15, -0.1) is 10.2 Å². The molecular formula is C30H24N7NaO6S. The second kappa shape index (κ2) is 13.9. The van der Waals surface area contributed by atoms with Gasteiger partial charge in [-0.25, -0.2) is 8.42 Å². The quantitative estimate of drug-likeness (QED) is 0.105. The molecule has 0 atom stereocenters. The third-order valence-electron chi connectivity index (χ3n) is 6.48. The van der Waals surface area contributed by atoms with Crippen LogP contribution in [-0.4, -0.2) is 43.1 Å². The van der Waals surface area contributed by atoms with Crippen LogP contribution >= 0.6 is 0 Å². The minimum absolute atomic E-state index is 0. The van der Waals surface area contributed by atoms with Gasteiger partial charge in [0.1, 0.15) is 27.3 Å². The zero-order valence-electron chi connectivity index (χ0n) is 24.3. The SMILES string of the molecule is COc1cc(NNc2ccc(NN=C3C=CC(=O)C=C3)cc2)c(C)cc1N=NC1=C2C(=O)C=C(S(=O)(=O)[O-])C=C2C=CC1=N.[Na+]. The Morgan fingerprint density at radius 2 is 1.58 bits per heavy atom. The van der Waals surface area contributed by atoms with Crippen molar-refractivity contribution in [3.05, 3.63) is 112 Å². The third-order valence-corrected chi connectivity index (χ3v) is 7.29. The number of azo groups is 1. The number of ketones is 2. The van der Waals surface area contributed by atoms with E-state index in [0.717, 1.165) is 29.1 Å². The minimum atomic E-state index is -4.84. The van der Waals surface area contributed by atoms with Crippen molar-refractivity contribution in [1.82, 2.24) is 0 Å². The van der Waals surface area contributed by atoms with E-state index in [1.54, 1.807) is 24.3 Å². The summed E-state index contributed by atoms with van der Waals surface area (Å²) in [7, 11) is -3.38. The smallest absolute Gasteiger partial charge is 0.744 e. The summed E-state index contributed by atoms with van der Waals surface area (Å²) >= 11 is 0. The van der Waals surface area contributed by atoms with E-state index >= 15 is 0 Å². The maximum absolute atomic E-state index is 12.7. The Bertz CT molecular complexity index is 1940. The monoisotopic (exact) mass is 633 g/mol. The van der Waals surface area contributed by atoms with Crippen LogP contribution < -0.4 is 50.6 Å². The number of hydrazone groups is 1. The molecule has 13 nitrogen and oxygen atoms in total. The Morgan fingerprint density at radius 3 is 2.24 bits per heavy atom. The van der Waals surface area contributed by atoms with Gasteiger partial charge in [-0.1, -0.05) is 6.08 Å². The molecule has 0 bridgehead atoms. The number of ether oxygens (including phenoxy) is 1. The molecular weight excluding hydrogens is 609 g/mol. The average molecular weight is 634 g/mol. The van der Waals surface area contributed by atoms with E-state index in [-0.39, 0.29) is 57.9 Å². The molecule has 2 aromatic rings. The Balaban J connectivity index is 0.00000461. The van der Waals surface area contributed by atoms with Crippen LogP contribution in [0.2, 0.25) is 0 Å². The van der Waals surface area contributed by atoms with Gasteiger partial charge in [0.15, 0.2) is 11.6 Å². The summed E-state index contributed by atoms with van der Waals surface area (Å²) in [5.41, 5.74) is 13.0. The number of methoxy groups -OCH3 is 1. The van der Waals surface area contributed by atoms with Crippen LogP contribution in [0, 0.1) is 12.3 Å². The number of allylic oxidation sites excluding steroid dienone is 10. The second-order valence-electron chi connectivity index (χ2n) is 9.52. The van der Waals surface area contributed by atoms with Gasteiger partial charge in [-0.05, 0) is 84.8 Å². The van der Waals surface area contributed by atoms with Gasteiger partial charge < -0.3 is 20.1 Å². The molecule has 0 spiro atoms. The van der Waals surface area contributed by atoms with Gasteiger partial charge in [0.2, 0.25) is 0 Å². The summed E-state index contributed by atoms with van der Waals surface area (Å²) in [4.78, 5) is 23.3. The van der Waals surface area contributed by atoms with Crippen molar-refractivity contribution in [2.75, 3.05) is 23.4 Å². The van der Waals surface area contributed by atoms with Crippen molar-refractivity contribution in [3.63, 3.8) is 0 Å². The summed E-state index contributed by atoms with van der Waals surface area (Å²) in [6.45, 7) is 1.84. The van der Waals surface area contributed by atoms with Crippen LogP contribution in [0.15, 0.2) is 122 Å². The van der Waals surface area contributed by atoms with Gasteiger partial charge in [-0.3, -0.25) is 20.4 Å². The molecule has 0 fully saturated rings. The average Bonchev–Trinajstić information content (AvgIpc) is 3.00. The van der Waals surface area contributed by atoms with E-state index in [1.165, 1.54) is 31.4 Å². The zero-order chi connectivity index (χ0) is 31.4. The number of rotatable bonds is 9. The number of hydrogen-bond acceptors (Lipinski definition) is 13. The molecule has 4 N–H and O–H groups in total. The van der Waals surface area contributed by atoms with Gasteiger partial charge in [0.25, 0.3) is 0 Å². The Morgan fingerprint density at radius 1 is 0.889 bits per heavy atom. The second-order valence-corrected chi connectivity index (χ2v) is 10.9. The van der Waals surface area contributed by atoms with Crippen LogP contribution in [0.4, 0.5) is 22.7 Å². The number of nitrogens with zero attached hydrogens (tertiary/aromatic N) is 3. The first-order chi connectivity index (χ1) is 21.0. The number of carbonyl (C=O) groups excluding carboxylic acids is 2. The number of benzene rings is 2. The summed E-state index contributed by atoms with van der Waals surface area (Å²) in [6, 6.07) is 10.7. The van der Waals surface area contributed by atoms with Crippen molar-refractivity contribution >= 4 is 55.9 Å². The first kappa shape index (κ1) is 33.2. The number of hydrogen-bond donors (Lipinski definition) is 4. The molecule has 15 heteroatoms. The van der Waals surface area contributed by atoms with Gasteiger partial charge in [-0.2, -0.15) is 5.10 Å². The van der Waals surface area contributed by atoms with E-state index < -0.39 is 20.8 Å². The van der Waals surface area contributed by atoms with Gasteiger partial charge in [0.05, 0.1) is 46.1 Å². The predicted octanol–water partition coefficient (Wildman–Crippen LogP) is 1.78. The van der Waals surface area contributed by atoms with E-state index in [2.05, 4.69) is 31.6 Å². The molecule has 0 saturated carbocycles. The van der Waals surface area contributed by atoms with Crippen LogP contribution in [0.3, 0.4) is 0 Å². The molecule has 0 aromatic heterocycles. The summed E-state index contributed by atoms with van der Waals surface area (Å²) in [5, 5.41) is 20.8. The molecule has 5 rings (SSSR count). The maximum Gasteiger partial charge on any atom is 1.00 e. The molecule has 3 aliphatic carbocycles. The first-order valence-electron chi connectivity index (χ1n) is 12.9. The van der Waals surface area contributed by atoms with Crippen molar-refractivity contribution in [2.24, 2.45) is 15.3 Å². The number of nitrogens with one attached hydrogen (secondary N) is 4. The number of hydrazine groups is 1. The standard InChI is InChI=1S/C30H25N7O6S.Na/c1-17-13-26(36-37-30-24(31)12-3-18-14-23(44(40,41)42)15-27(39)29(18)30)28(43-2)16-25(17)35-34-20-6-4-19(5-7-20)32-33-21-8-10-22(38)11-9-21;/h3-16,31-32,34-35H,1-2H3,(H,40,41,42);/q;+1/p-1. The van der Waals surface area contributed by atoms with Crippen molar-refractivity contribution in [1.29, 1.82) is 5.41 Å². The molecule has 0 unspecified atom stereocenters. The van der Waals surface area contributed by atoms with Crippen LogP contribution in [0.5, 0.6) is 5.75 Å². The van der Waals surface area contributed by atoms with Crippen molar-refractivity contribution < 1.29 is 56.9 Å². The van der Waals surface area contributed by atoms with Crippen molar-refractivity contribution in [2.45, 2.75) is 6.92 Å². The van der Waals surface area contributed by atoms with Crippen LogP contribution in [-0.2, 0) is 19.7 Å². The molecule has 3 aliphatic rings. The zero-order valence-corrected chi connectivity index (χ0v) is 27.1. The fraction of sp³-hybridized carbons (Fsp3) is 0.0667. The fourth-order valence-electron chi connectivity index (χ4n) is 4.20. The number of carbonyl (C=O) groups is 2. The molecule has 0 radical (unpaired) electrons. The Hall–Kier alpha value is -4.73. The van der Waals surface area contributed by atoms with E-state index in [1.807, 2.05) is 31.2 Å². The Kier molecular flexibility index (Phi) is 10.3. The first-order valence-corrected chi connectivity index (χ1v) is 14.3. The molecule has 222 valence electrons. The van der Waals surface area contributed by atoms with Crippen LogP contribution in [0.1, 0.15) is 5.56 Å². The molecule has 45 heavy (non-hydrogen) atoms. The third kappa shape index (κ3) is 7.87. The largest absolute Gasteiger partial charge is 1.00 e. The molecule has 0 amide bonds. The van der Waals surface area contributed by atoms with Crippen LogP contribution in [0.25, 0.3) is 0 Å². The number of fused-ring (bicyclic) bond motifs is 1.